The summed E-state index contributed by atoms with van der Waals surface area (Å²) in [4.78, 5) is 28.2. The number of ether oxygens (including phenoxy) is 1. The Labute approximate surface area is 145 Å². The fourth-order valence-electron chi connectivity index (χ4n) is 2.51. The lowest BCUT2D eigenvalue weighted by molar-refractivity contribution is -0.126. The number of carbonyl (C=O) groups is 2. The predicted octanol–water partition coefficient (Wildman–Crippen LogP) is 0.938. The van der Waals surface area contributed by atoms with Gasteiger partial charge in [-0.3, -0.25) is 14.6 Å². The molecule has 7 nitrogen and oxygen atoms in total. The van der Waals surface area contributed by atoms with Gasteiger partial charge in [-0.05, 0) is 29.8 Å². The summed E-state index contributed by atoms with van der Waals surface area (Å²) in [5.74, 6) is -0.293. The second kappa shape index (κ2) is 8.36. The molecular formula is C18H20N4O3. The van der Waals surface area contributed by atoms with E-state index in [-0.39, 0.29) is 17.9 Å². The third kappa shape index (κ3) is 4.85. The van der Waals surface area contributed by atoms with Crippen molar-refractivity contribution in [1.29, 1.82) is 0 Å². The summed E-state index contributed by atoms with van der Waals surface area (Å²) in [7, 11) is 0. The molecule has 1 aliphatic rings. The van der Waals surface area contributed by atoms with E-state index in [1.54, 1.807) is 30.6 Å². The van der Waals surface area contributed by atoms with Crippen LogP contribution >= 0.6 is 0 Å². The van der Waals surface area contributed by atoms with Crippen LogP contribution < -0.4 is 16.0 Å². The molecule has 3 rings (SSSR count). The fourth-order valence-corrected chi connectivity index (χ4v) is 2.51. The van der Waals surface area contributed by atoms with Gasteiger partial charge in [-0.2, -0.15) is 0 Å². The van der Waals surface area contributed by atoms with Crippen LogP contribution in [0.3, 0.4) is 0 Å². The summed E-state index contributed by atoms with van der Waals surface area (Å²) in [5.41, 5.74) is 2.11. The molecule has 1 unspecified atom stereocenters. The molecule has 0 bridgehead atoms. The SMILES string of the molecule is O=C(Nc1cccc(CNC(=O)C2COCCN2)c1)c1ccncc1. The van der Waals surface area contributed by atoms with Crippen molar-refractivity contribution in [2.24, 2.45) is 0 Å². The quantitative estimate of drug-likeness (QED) is 0.753. The van der Waals surface area contributed by atoms with Crippen LogP contribution in [-0.2, 0) is 16.1 Å². The smallest absolute Gasteiger partial charge is 0.255 e. The number of hydrogen-bond acceptors (Lipinski definition) is 5. The first kappa shape index (κ1) is 17.1. The molecule has 0 saturated carbocycles. The van der Waals surface area contributed by atoms with Crippen LogP contribution in [0.2, 0.25) is 0 Å². The summed E-state index contributed by atoms with van der Waals surface area (Å²) in [6.07, 6.45) is 3.15. The molecule has 1 saturated heterocycles. The number of pyridine rings is 1. The lowest BCUT2D eigenvalue weighted by Crippen LogP contribution is -2.51. The van der Waals surface area contributed by atoms with Crippen molar-refractivity contribution in [1.82, 2.24) is 15.6 Å². The number of carbonyl (C=O) groups excluding carboxylic acids is 2. The van der Waals surface area contributed by atoms with Crippen molar-refractivity contribution in [2.45, 2.75) is 12.6 Å². The summed E-state index contributed by atoms with van der Waals surface area (Å²) in [6.45, 7) is 2.07. The van der Waals surface area contributed by atoms with Gasteiger partial charge in [0.1, 0.15) is 6.04 Å². The lowest BCUT2D eigenvalue weighted by atomic mass is 10.1. The minimum Gasteiger partial charge on any atom is -0.378 e. The van der Waals surface area contributed by atoms with Gasteiger partial charge in [0.15, 0.2) is 0 Å². The van der Waals surface area contributed by atoms with Gasteiger partial charge in [0, 0.05) is 36.7 Å². The van der Waals surface area contributed by atoms with Crippen molar-refractivity contribution in [3.63, 3.8) is 0 Å². The summed E-state index contributed by atoms with van der Waals surface area (Å²) in [5, 5.41) is 8.83. The largest absolute Gasteiger partial charge is 0.378 e. The van der Waals surface area contributed by atoms with Gasteiger partial charge in [0.25, 0.3) is 5.91 Å². The topological polar surface area (TPSA) is 92.4 Å². The van der Waals surface area contributed by atoms with E-state index in [4.69, 9.17) is 4.74 Å². The van der Waals surface area contributed by atoms with E-state index in [0.29, 0.717) is 37.6 Å². The van der Waals surface area contributed by atoms with Gasteiger partial charge >= 0.3 is 0 Å². The van der Waals surface area contributed by atoms with Crippen LogP contribution in [0, 0.1) is 0 Å². The number of hydrogen-bond donors (Lipinski definition) is 3. The monoisotopic (exact) mass is 340 g/mol. The van der Waals surface area contributed by atoms with Crippen LogP contribution in [0.4, 0.5) is 5.69 Å². The minimum atomic E-state index is -0.316. The molecule has 1 aromatic heterocycles. The fraction of sp³-hybridized carbons (Fsp3) is 0.278. The Bertz CT molecular complexity index is 730. The number of amides is 2. The van der Waals surface area contributed by atoms with Gasteiger partial charge in [0.2, 0.25) is 5.91 Å². The molecule has 1 fully saturated rings. The molecule has 0 spiro atoms. The number of anilines is 1. The molecule has 0 aliphatic carbocycles. The van der Waals surface area contributed by atoms with E-state index in [1.807, 2.05) is 18.2 Å². The lowest BCUT2D eigenvalue weighted by Gasteiger charge is -2.22. The third-order valence-electron chi connectivity index (χ3n) is 3.83. The van der Waals surface area contributed by atoms with Crippen molar-refractivity contribution < 1.29 is 14.3 Å². The highest BCUT2D eigenvalue weighted by atomic mass is 16.5. The third-order valence-corrected chi connectivity index (χ3v) is 3.83. The van der Waals surface area contributed by atoms with Crippen molar-refractivity contribution in [2.75, 3.05) is 25.1 Å². The number of aromatic nitrogens is 1. The first-order valence-corrected chi connectivity index (χ1v) is 8.11. The Hall–Kier alpha value is -2.77. The molecule has 25 heavy (non-hydrogen) atoms. The molecule has 7 heteroatoms. The van der Waals surface area contributed by atoms with E-state index in [0.717, 1.165) is 5.56 Å². The number of rotatable bonds is 5. The molecule has 0 radical (unpaired) electrons. The summed E-state index contributed by atoms with van der Waals surface area (Å²) in [6, 6.07) is 10.4. The van der Waals surface area contributed by atoms with Gasteiger partial charge in [-0.1, -0.05) is 12.1 Å². The molecule has 1 aliphatic heterocycles. The van der Waals surface area contributed by atoms with Crippen molar-refractivity contribution >= 4 is 17.5 Å². The Kier molecular flexibility index (Phi) is 5.71. The molecule has 1 aromatic carbocycles. The van der Waals surface area contributed by atoms with Crippen LogP contribution in [0.15, 0.2) is 48.8 Å². The van der Waals surface area contributed by atoms with E-state index in [9.17, 15) is 9.59 Å². The highest BCUT2D eigenvalue weighted by Crippen LogP contribution is 2.12. The van der Waals surface area contributed by atoms with Crippen molar-refractivity contribution in [3.8, 4) is 0 Å². The summed E-state index contributed by atoms with van der Waals surface area (Å²) >= 11 is 0. The van der Waals surface area contributed by atoms with Crippen LogP contribution in [0.25, 0.3) is 0 Å². The first-order valence-electron chi connectivity index (χ1n) is 8.11. The highest BCUT2D eigenvalue weighted by Gasteiger charge is 2.20. The zero-order chi connectivity index (χ0) is 17.5. The molecule has 130 valence electrons. The standard InChI is InChI=1S/C18H20N4O3/c23-17(14-4-6-19-7-5-14)22-15-3-1-2-13(10-15)11-21-18(24)16-12-25-9-8-20-16/h1-7,10,16,20H,8-9,11-12H2,(H,21,24)(H,22,23). The second-order valence-corrected chi connectivity index (χ2v) is 5.69. The number of nitrogens with zero attached hydrogens (tertiary/aromatic N) is 1. The molecule has 2 amide bonds. The Morgan fingerprint density at radius 1 is 1.24 bits per heavy atom. The van der Waals surface area contributed by atoms with E-state index < -0.39 is 0 Å². The van der Waals surface area contributed by atoms with Gasteiger partial charge in [-0.15, -0.1) is 0 Å². The van der Waals surface area contributed by atoms with Gasteiger partial charge in [0.05, 0.1) is 13.2 Å². The normalized spacial score (nSPS) is 16.9. The highest BCUT2D eigenvalue weighted by molar-refractivity contribution is 6.04. The molecular weight excluding hydrogens is 320 g/mol. The van der Waals surface area contributed by atoms with E-state index in [2.05, 4.69) is 20.9 Å². The average Bonchev–Trinajstić information content (AvgIpc) is 2.68. The molecule has 1 atom stereocenters. The molecule has 3 N–H and O–H groups in total. The van der Waals surface area contributed by atoms with Crippen molar-refractivity contribution in [3.05, 3.63) is 59.9 Å². The first-order chi connectivity index (χ1) is 12.2. The minimum absolute atomic E-state index is 0.0917. The van der Waals surface area contributed by atoms with E-state index >= 15 is 0 Å². The number of morpholine rings is 1. The Morgan fingerprint density at radius 3 is 2.84 bits per heavy atom. The van der Waals surface area contributed by atoms with Crippen LogP contribution in [-0.4, -0.2) is 42.6 Å². The predicted molar refractivity (Wildman–Crippen MR) is 93.1 cm³/mol. The maximum Gasteiger partial charge on any atom is 0.255 e. The van der Waals surface area contributed by atoms with Crippen LogP contribution in [0.5, 0.6) is 0 Å². The van der Waals surface area contributed by atoms with E-state index in [1.165, 1.54) is 0 Å². The average molecular weight is 340 g/mol. The maximum atomic E-state index is 12.2. The van der Waals surface area contributed by atoms with Crippen LogP contribution in [0.1, 0.15) is 15.9 Å². The zero-order valence-corrected chi connectivity index (χ0v) is 13.7. The summed E-state index contributed by atoms with van der Waals surface area (Å²) < 4.78 is 5.28. The number of benzene rings is 1. The maximum absolute atomic E-state index is 12.2. The Balaban J connectivity index is 1.56. The molecule has 2 heterocycles. The zero-order valence-electron chi connectivity index (χ0n) is 13.7. The second-order valence-electron chi connectivity index (χ2n) is 5.69. The Morgan fingerprint density at radius 2 is 2.08 bits per heavy atom. The molecule has 2 aromatic rings. The number of nitrogens with one attached hydrogen (secondary N) is 3. The van der Waals surface area contributed by atoms with Gasteiger partial charge in [-0.25, -0.2) is 0 Å². The van der Waals surface area contributed by atoms with Gasteiger partial charge < -0.3 is 20.7 Å².